The molecule has 0 saturated heterocycles. The van der Waals surface area contributed by atoms with Gasteiger partial charge in [-0.25, -0.2) is 4.98 Å². The number of halogens is 2. The molecule has 0 bridgehead atoms. The first-order chi connectivity index (χ1) is 9.58. The van der Waals surface area contributed by atoms with Crippen LogP contribution in [0.2, 0.25) is 0 Å². The van der Waals surface area contributed by atoms with E-state index in [4.69, 9.17) is 0 Å². The number of benzene rings is 1. The number of carbonyl (C=O) groups excluding carboxylic acids is 1. The summed E-state index contributed by atoms with van der Waals surface area (Å²) in [4.78, 5) is 17.9. The lowest BCUT2D eigenvalue weighted by molar-refractivity contribution is 0.0778. The van der Waals surface area contributed by atoms with Crippen molar-refractivity contribution in [1.29, 1.82) is 0 Å². The normalized spacial score (nSPS) is 10.8. The van der Waals surface area contributed by atoms with Gasteiger partial charge in [-0.2, -0.15) is 13.9 Å². The Kier molecular flexibility index (Phi) is 4.67. The van der Waals surface area contributed by atoms with E-state index in [1.165, 1.54) is 23.4 Å². The molecule has 1 amide bonds. The molecule has 1 aromatic heterocycles. The highest BCUT2D eigenvalue weighted by Gasteiger charge is 2.18. The summed E-state index contributed by atoms with van der Waals surface area (Å²) in [5, 5.41) is 6.33. The highest BCUT2D eigenvalue weighted by atomic mass is 32.2. The topological polar surface area (TPSA) is 61.9 Å². The summed E-state index contributed by atoms with van der Waals surface area (Å²) in [6.45, 7) is 0.229. The third kappa shape index (κ3) is 3.53. The molecule has 0 aliphatic rings. The maximum atomic E-state index is 12.5. The van der Waals surface area contributed by atoms with Crippen LogP contribution in [0, 0.1) is 0 Å². The monoisotopic (exact) mass is 298 g/mol. The van der Waals surface area contributed by atoms with Crippen molar-refractivity contribution in [3.63, 3.8) is 0 Å². The fourth-order valence-electron chi connectivity index (χ4n) is 1.65. The zero-order valence-electron chi connectivity index (χ0n) is 10.6. The summed E-state index contributed by atoms with van der Waals surface area (Å²) >= 11 is 0.362. The smallest absolute Gasteiger partial charge is 0.288 e. The Morgan fingerprint density at radius 3 is 2.85 bits per heavy atom. The molecule has 8 heteroatoms. The van der Waals surface area contributed by atoms with E-state index in [0.29, 0.717) is 17.6 Å². The Hall–Kier alpha value is -1.96. The minimum absolute atomic E-state index is 0.229. The van der Waals surface area contributed by atoms with Gasteiger partial charge in [0, 0.05) is 11.9 Å². The van der Waals surface area contributed by atoms with Gasteiger partial charge >= 0.3 is 0 Å². The number of nitrogens with zero attached hydrogens (tertiary/aromatic N) is 3. The Balaban J connectivity index is 2.15. The van der Waals surface area contributed by atoms with E-state index in [0.717, 1.165) is 0 Å². The molecule has 0 aliphatic carbocycles. The third-order valence-corrected chi connectivity index (χ3v) is 3.32. The number of thioether (sulfide) groups is 1. The van der Waals surface area contributed by atoms with E-state index in [-0.39, 0.29) is 22.9 Å². The molecule has 106 valence electrons. The number of aromatic nitrogens is 3. The van der Waals surface area contributed by atoms with Gasteiger partial charge in [-0.3, -0.25) is 9.89 Å². The number of rotatable bonds is 5. The maximum Gasteiger partial charge on any atom is 0.288 e. The number of aromatic amines is 1. The first-order valence-corrected chi connectivity index (χ1v) is 6.59. The van der Waals surface area contributed by atoms with Crippen LogP contribution in [0.1, 0.15) is 16.2 Å². The molecule has 0 saturated carbocycles. The second kappa shape index (κ2) is 6.47. The average Bonchev–Trinajstić information content (AvgIpc) is 2.90. The molecule has 1 heterocycles. The van der Waals surface area contributed by atoms with Crippen molar-refractivity contribution in [3.8, 4) is 0 Å². The quantitative estimate of drug-likeness (QED) is 0.861. The molecule has 2 rings (SSSR count). The van der Waals surface area contributed by atoms with Crippen molar-refractivity contribution in [2.45, 2.75) is 17.2 Å². The van der Waals surface area contributed by atoms with E-state index < -0.39 is 5.76 Å². The lowest BCUT2D eigenvalue weighted by atomic mass is 10.2. The number of amides is 1. The van der Waals surface area contributed by atoms with Crippen molar-refractivity contribution in [1.82, 2.24) is 20.1 Å². The van der Waals surface area contributed by atoms with Crippen LogP contribution in [-0.2, 0) is 6.54 Å². The Morgan fingerprint density at radius 1 is 1.45 bits per heavy atom. The van der Waals surface area contributed by atoms with Gasteiger partial charge < -0.3 is 4.90 Å². The molecule has 0 spiro atoms. The largest absolute Gasteiger partial charge is 0.334 e. The number of carbonyl (C=O) groups is 1. The molecule has 2 aromatic rings. The van der Waals surface area contributed by atoms with Crippen molar-refractivity contribution >= 4 is 17.7 Å². The Labute approximate surface area is 118 Å². The summed E-state index contributed by atoms with van der Waals surface area (Å²) in [6.07, 6.45) is 1.34. The summed E-state index contributed by atoms with van der Waals surface area (Å²) in [5.74, 6) is -2.38. The van der Waals surface area contributed by atoms with Gasteiger partial charge in [0.25, 0.3) is 11.7 Å². The summed E-state index contributed by atoms with van der Waals surface area (Å²) in [6, 6.07) is 6.30. The Morgan fingerprint density at radius 2 is 2.20 bits per heavy atom. The number of hydrogen-bond acceptors (Lipinski definition) is 4. The van der Waals surface area contributed by atoms with Gasteiger partial charge in [-0.05, 0) is 12.1 Å². The van der Waals surface area contributed by atoms with Crippen LogP contribution in [0.15, 0.2) is 35.5 Å². The van der Waals surface area contributed by atoms with Crippen LogP contribution in [0.4, 0.5) is 8.78 Å². The molecular formula is C12H12F2N4OS. The zero-order chi connectivity index (χ0) is 14.5. The molecule has 0 aliphatic heterocycles. The molecule has 0 atom stereocenters. The summed E-state index contributed by atoms with van der Waals surface area (Å²) < 4.78 is 25.0. The second-order valence-corrected chi connectivity index (χ2v) is 5.00. The minimum Gasteiger partial charge on any atom is -0.334 e. The lowest BCUT2D eigenvalue weighted by Gasteiger charge is -2.17. The molecule has 5 nitrogen and oxygen atoms in total. The molecule has 0 fully saturated rings. The molecule has 0 radical (unpaired) electrons. The van der Waals surface area contributed by atoms with Crippen LogP contribution in [-0.4, -0.2) is 38.8 Å². The zero-order valence-corrected chi connectivity index (χ0v) is 11.4. The van der Waals surface area contributed by atoms with Gasteiger partial charge in [-0.15, -0.1) is 0 Å². The number of H-pyrrole nitrogens is 1. The molecule has 0 unspecified atom stereocenters. The van der Waals surface area contributed by atoms with Crippen molar-refractivity contribution in [2.24, 2.45) is 0 Å². The van der Waals surface area contributed by atoms with Crippen LogP contribution < -0.4 is 0 Å². The second-order valence-electron chi connectivity index (χ2n) is 3.97. The molecule has 1 aromatic carbocycles. The minimum atomic E-state index is -2.57. The van der Waals surface area contributed by atoms with Gasteiger partial charge in [0.1, 0.15) is 12.2 Å². The molecule has 20 heavy (non-hydrogen) atoms. The van der Waals surface area contributed by atoms with Gasteiger partial charge in [0.2, 0.25) is 0 Å². The molecular weight excluding hydrogens is 286 g/mol. The fraction of sp³-hybridized carbons (Fsp3) is 0.250. The number of nitrogens with one attached hydrogen (secondary N) is 1. The van der Waals surface area contributed by atoms with Crippen molar-refractivity contribution < 1.29 is 13.6 Å². The fourth-order valence-corrected chi connectivity index (χ4v) is 2.28. The highest BCUT2D eigenvalue weighted by Crippen LogP contribution is 2.29. The highest BCUT2D eigenvalue weighted by molar-refractivity contribution is 7.99. The van der Waals surface area contributed by atoms with Crippen LogP contribution in [0.3, 0.4) is 0 Å². The first-order valence-electron chi connectivity index (χ1n) is 5.71. The van der Waals surface area contributed by atoms with Crippen LogP contribution in [0.25, 0.3) is 0 Å². The summed E-state index contributed by atoms with van der Waals surface area (Å²) in [5.41, 5.74) is 0.250. The van der Waals surface area contributed by atoms with Crippen molar-refractivity contribution in [3.05, 3.63) is 42.0 Å². The van der Waals surface area contributed by atoms with E-state index in [1.54, 1.807) is 19.2 Å². The number of alkyl halides is 2. The average molecular weight is 298 g/mol. The number of hydrogen-bond donors (Lipinski definition) is 1. The maximum absolute atomic E-state index is 12.5. The predicted octanol–water partition coefficient (Wildman–Crippen LogP) is 2.39. The summed E-state index contributed by atoms with van der Waals surface area (Å²) in [7, 11) is 1.58. The Bertz CT molecular complexity index is 577. The van der Waals surface area contributed by atoms with Gasteiger partial charge in [0.15, 0.2) is 0 Å². The third-order valence-electron chi connectivity index (χ3n) is 2.53. The van der Waals surface area contributed by atoms with E-state index >= 15 is 0 Å². The van der Waals surface area contributed by atoms with Crippen LogP contribution >= 0.6 is 11.8 Å². The first kappa shape index (κ1) is 14.4. The van der Waals surface area contributed by atoms with Crippen LogP contribution in [0.5, 0.6) is 0 Å². The van der Waals surface area contributed by atoms with E-state index in [9.17, 15) is 13.6 Å². The van der Waals surface area contributed by atoms with E-state index in [2.05, 4.69) is 15.2 Å². The molecule has 1 N–H and O–H groups in total. The standard InChI is InChI=1S/C12H12F2N4OS/c1-18(6-10-15-7-16-17-10)11(19)8-4-2-3-5-9(8)20-12(13)14/h2-5,7,12H,6H2,1H3,(H,15,16,17). The SMILES string of the molecule is CN(Cc1ncn[nH]1)C(=O)c1ccccc1SC(F)F. The lowest BCUT2D eigenvalue weighted by Crippen LogP contribution is -2.27. The van der Waals surface area contributed by atoms with E-state index in [1.807, 2.05) is 0 Å². The van der Waals surface area contributed by atoms with Gasteiger partial charge in [-0.1, -0.05) is 23.9 Å². The predicted molar refractivity (Wildman–Crippen MR) is 70.5 cm³/mol. The van der Waals surface area contributed by atoms with Gasteiger partial charge in [0.05, 0.1) is 12.1 Å². The van der Waals surface area contributed by atoms with Crippen molar-refractivity contribution in [2.75, 3.05) is 7.05 Å².